The molecule has 4 heterocycles. The molecule has 0 N–H and O–H groups in total. The molecule has 2 atom stereocenters. The summed E-state index contributed by atoms with van der Waals surface area (Å²) in [6.07, 6.45) is -2.11. The molecule has 3 aliphatic heterocycles. The highest BCUT2D eigenvalue weighted by molar-refractivity contribution is 5.91. The van der Waals surface area contributed by atoms with Crippen molar-refractivity contribution in [3.63, 3.8) is 0 Å². The number of aromatic nitrogens is 2. The first-order valence-corrected chi connectivity index (χ1v) is 14.0. The maximum absolute atomic E-state index is 13.8. The summed E-state index contributed by atoms with van der Waals surface area (Å²) in [7, 11) is 2.03. The Kier molecular flexibility index (Phi) is 8.54. The van der Waals surface area contributed by atoms with Crippen molar-refractivity contribution in [2.45, 2.75) is 50.5 Å². The van der Waals surface area contributed by atoms with Gasteiger partial charge in [0.25, 0.3) is 5.91 Å². The van der Waals surface area contributed by atoms with Gasteiger partial charge in [0, 0.05) is 43.5 Å². The topological polar surface area (TPSA) is 88.8 Å². The molecule has 2 fully saturated rings. The second-order valence-corrected chi connectivity index (χ2v) is 10.9. The zero-order valence-corrected chi connectivity index (χ0v) is 23.4. The van der Waals surface area contributed by atoms with Gasteiger partial charge in [0.05, 0.1) is 36.3 Å². The summed E-state index contributed by atoms with van der Waals surface area (Å²) < 4.78 is 61.3. The molecule has 1 amide bonds. The van der Waals surface area contributed by atoms with Crippen molar-refractivity contribution in [3.05, 3.63) is 53.5 Å². The van der Waals surface area contributed by atoms with E-state index in [9.17, 15) is 27.6 Å². The van der Waals surface area contributed by atoms with Gasteiger partial charge in [0.1, 0.15) is 12.4 Å². The van der Waals surface area contributed by atoms with Crippen LogP contribution in [0.5, 0.6) is 6.01 Å². The van der Waals surface area contributed by atoms with E-state index < -0.39 is 29.5 Å². The number of likely N-dealkylation sites (N-methyl/N-ethyl adjacent to an activating group) is 1. The van der Waals surface area contributed by atoms with E-state index in [1.54, 1.807) is 11.0 Å². The fourth-order valence-corrected chi connectivity index (χ4v) is 6.02. The summed E-state index contributed by atoms with van der Waals surface area (Å²) in [5, 5.41) is 9.40. The number of fused-ring (bicyclic) bond motifs is 1. The molecule has 0 spiro atoms. The average molecular weight is 588 g/mol. The summed E-state index contributed by atoms with van der Waals surface area (Å²) in [5.74, 6) is -1.37. The van der Waals surface area contributed by atoms with Crippen molar-refractivity contribution >= 4 is 17.4 Å². The van der Waals surface area contributed by atoms with Crippen LogP contribution in [0, 0.1) is 11.3 Å². The lowest BCUT2D eigenvalue weighted by atomic mass is 10.0. The van der Waals surface area contributed by atoms with Gasteiger partial charge < -0.3 is 24.3 Å². The minimum absolute atomic E-state index is 0.0117. The quantitative estimate of drug-likeness (QED) is 0.356. The summed E-state index contributed by atoms with van der Waals surface area (Å²) in [5.41, 5.74) is 0.716. The number of rotatable bonds is 7. The maximum Gasteiger partial charge on any atom is 0.418 e. The van der Waals surface area contributed by atoms with Crippen molar-refractivity contribution in [1.29, 1.82) is 5.26 Å². The third-order valence-electron chi connectivity index (χ3n) is 8.25. The predicted molar refractivity (Wildman–Crippen MR) is 148 cm³/mol. The fourth-order valence-electron chi connectivity index (χ4n) is 6.02. The summed E-state index contributed by atoms with van der Waals surface area (Å²) in [6, 6.07) is 7.30. The Bertz CT molecular complexity index is 1380. The van der Waals surface area contributed by atoms with E-state index in [1.807, 2.05) is 11.9 Å². The highest BCUT2D eigenvalue weighted by Crippen LogP contribution is 2.39. The largest absolute Gasteiger partial charge is 0.462 e. The Hall–Kier alpha value is -3.92. The van der Waals surface area contributed by atoms with Crippen molar-refractivity contribution in [2.24, 2.45) is 0 Å². The SMILES string of the molecule is C=C(F)C(=O)N1CCN(c2nc(OC[C@@H]3CCCN3C)nc3c2CCN(c2ccccc2C(F)(F)F)C3)C[C@@H]1CC#N. The number of halogens is 4. The first kappa shape index (κ1) is 29.6. The molecule has 0 unspecified atom stereocenters. The number of hydrogen-bond donors (Lipinski definition) is 0. The van der Waals surface area contributed by atoms with E-state index >= 15 is 0 Å². The van der Waals surface area contributed by atoms with Crippen LogP contribution in [0.4, 0.5) is 29.1 Å². The number of alkyl halides is 3. The zero-order valence-electron chi connectivity index (χ0n) is 23.4. The van der Waals surface area contributed by atoms with Gasteiger partial charge in [-0.25, -0.2) is 4.39 Å². The molecule has 13 heteroatoms. The normalized spacial score (nSPS) is 21.2. The van der Waals surface area contributed by atoms with Crippen molar-refractivity contribution in [1.82, 2.24) is 19.8 Å². The molecule has 42 heavy (non-hydrogen) atoms. The number of nitriles is 1. The second kappa shape index (κ2) is 12.1. The minimum Gasteiger partial charge on any atom is -0.462 e. The Labute approximate surface area is 242 Å². The molecule has 5 rings (SSSR count). The van der Waals surface area contributed by atoms with Crippen LogP contribution in [0.1, 0.15) is 36.1 Å². The predicted octanol–water partition coefficient (Wildman–Crippen LogP) is 3.95. The third-order valence-corrected chi connectivity index (χ3v) is 8.25. The molecule has 9 nitrogen and oxygen atoms in total. The highest BCUT2D eigenvalue weighted by atomic mass is 19.4. The van der Waals surface area contributed by atoms with E-state index in [0.29, 0.717) is 37.6 Å². The molecule has 3 aliphatic rings. The van der Waals surface area contributed by atoms with Crippen LogP contribution in [0.2, 0.25) is 0 Å². The summed E-state index contributed by atoms with van der Waals surface area (Å²) in [4.78, 5) is 28.9. The first-order chi connectivity index (χ1) is 20.1. The average Bonchev–Trinajstić information content (AvgIpc) is 3.39. The van der Waals surface area contributed by atoms with Crippen molar-refractivity contribution in [3.8, 4) is 12.1 Å². The lowest BCUT2D eigenvalue weighted by Gasteiger charge is -2.42. The van der Waals surface area contributed by atoms with Gasteiger partial charge >= 0.3 is 12.2 Å². The fraction of sp³-hybridized carbons (Fsp3) is 0.517. The molecule has 0 radical (unpaired) electrons. The second-order valence-electron chi connectivity index (χ2n) is 10.9. The Morgan fingerprint density at radius 1 is 1.14 bits per heavy atom. The number of benzene rings is 1. The van der Waals surface area contributed by atoms with Gasteiger partial charge in [-0.05, 0) is 45.0 Å². The van der Waals surface area contributed by atoms with Crippen molar-refractivity contribution in [2.75, 3.05) is 56.2 Å². The molecular formula is C29H33F4N7O2. The monoisotopic (exact) mass is 587 g/mol. The summed E-state index contributed by atoms with van der Waals surface area (Å²) in [6.45, 7) is 5.57. The van der Waals surface area contributed by atoms with Crippen LogP contribution in [-0.4, -0.2) is 84.1 Å². The van der Waals surface area contributed by atoms with E-state index in [2.05, 4.69) is 22.5 Å². The molecule has 1 aromatic heterocycles. The summed E-state index contributed by atoms with van der Waals surface area (Å²) >= 11 is 0. The van der Waals surface area contributed by atoms with E-state index in [1.165, 1.54) is 17.0 Å². The number of piperazine rings is 1. The molecule has 0 aliphatic carbocycles. The van der Waals surface area contributed by atoms with Crippen LogP contribution < -0.4 is 14.5 Å². The number of hydrogen-bond acceptors (Lipinski definition) is 8. The van der Waals surface area contributed by atoms with Crippen molar-refractivity contribution < 1.29 is 27.1 Å². The molecule has 2 saturated heterocycles. The maximum atomic E-state index is 13.8. The molecular weight excluding hydrogens is 554 g/mol. The zero-order chi connectivity index (χ0) is 30.0. The smallest absolute Gasteiger partial charge is 0.418 e. The van der Waals surface area contributed by atoms with E-state index in [0.717, 1.165) is 31.0 Å². The van der Waals surface area contributed by atoms with Gasteiger partial charge in [-0.15, -0.1) is 0 Å². The van der Waals surface area contributed by atoms with Gasteiger partial charge in [-0.2, -0.15) is 28.4 Å². The van der Waals surface area contributed by atoms with Gasteiger partial charge in [0.2, 0.25) is 0 Å². The lowest BCUT2D eigenvalue weighted by Crippen LogP contribution is -2.55. The van der Waals surface area contributed by atoms with Gasteiger partial charge in [-0.1, -0.05) is 18.7 Å². The van der Waals surface area contributed by atoms with Gasteiger partial charge in [-0.3, -0.25) is 4.79 Å². The standard InChI is InChI=1S/C29H33F4N7O2/c1-19(30)27(41)40-15-14-39(16-20(40)9-11-34)26-22-10-13-38(25-8-4-3-7-23(25)29(31,32)33)17-24(22)35-28(36-26)42-18-21-6-5-12-37(21)2/h3-4,7-8,20-21H,1,5-6,9-10,12-18H2,2H3/t20-,21-/m0/s1. The Balaban J connectivity index is 1.47. The van der Waals surface area contributed by atoms with Crippen LogP contribution >= 0.6 is 0 Å². The van der Waals surface area contributed by atoms with Crippen LogP contribution in [0.3, 0.4) is 0 Å². The number of ether oxygens (including phenoxy) is 1. The number of amides is 1. The van der Waals surface area contributed by atoms with Crippen LogP contribution in [0.15, 0.2) is 36.7 Å². The number of likely N-dealkylation sites (tertiary alicyclic amines) is 1. The number of para-hydroxylation sites is 1. The molecule has 1 aromatic carbocycles. The molecule has 0 saturated carbocycles. The molecule has 224 valence electrons. The van der Waals surface area contributed by atoms with E-state index in [-0.39, 0.29) is 43.8 Å². The first-order valence-electron chi connectivity index (χ1n) is 14.0. The molecule has 2 aromatic rings. The number of carbonyl (C=O) groups excluding carboxylic acids is 1. The number of carbonyl (C=O) groups is 1. The molecule has 0 bridgehead atoms. The minimum atomic E-state index is -4.51. The van der Waals surface area contributed by atoms with E-state index in [4.69, 9.17) is 9.72 Å². The Morgan fingerprint density at radius 3 is 2.62 bits per heavy atom. The third kappa shape index (κ3) is 6.13. The number of anilines is 2. The number of nitrogens with zero attached hydrogens (tertiary/aromatic N) is 7. The van der Waals surface area contributed by atoms with Gasteiger partial charge in [0.15, 0.2) is 5.83 Å². The lowest BCUT2D eigenvalue weighted by molar-refractivity contribution is -0.137. The Morgan fingerprint density at radius 2 is 1.93 bits per heavy atom. The highest BCUT2D eigenvalue weighted by Gasteiger charge is 2.37. The van der Waals surface area contributed by atoms with Crippen LogP contribution in [0.25, 0.3) is 0 Å². The van der Waals surface area contributed by atoms with Crippen LogP contribution in [-0.2, 0) is 23.9 Å².